The van der Waals surface area contributed by atoms with Crippen LogP contribution in [0.15, 0.2) is 93.6 Å². The van der Waals surface area contributed by atoms with Crippen LogP contribution in [0, 0.1) is 12.8 Å². The van der Waals surface area contributed by atoms with Crippen LogP contribution in [0.25, 0.3) is 43.4 Å². The van der Waals surface area contributed by atoms with E-state index in [2.05, 4.69) is 25.6 Å². The van der Waals surface area contributed by atoms with E-state index in [9.17, 15) is 63.9 Å². The van der Waals surface area contributed by atoms with E-state index in [1.54, 1.807) is 79.2 Å². The molecule has 32 heteroatoms. The van der Waals surface area contributed by atoms with Crippen LogP contribution in [-0.2, 0) is 30.4 Å². The molecule has 94 heavy (non-hydrogen) atoms. The van der Waals surface area contributed by atoms with Crippen molar-refractivity contribution < 1.29 is 68.7 Å². The smallest absolute Gasteiger partial charge is 0.310 e. The Labute approximate surface area is 557 Å². The van der Waals surface area contributed by atoms with E-state index in [0.29, 0.717) is 43.0 Å². The highest BCUT2D eigenvalue weighted by atomic mass is 32.1. The minimum Gasteiger partial charge on any atom is -0.508 e. The fourth-order valence-electron chi connectivity index (χ4n) is 10.8. The number of carboxylic acids is 2. The van der Waals surface area contributed by atoms with Crippen molar-refractivity contribution in [1.82, 2.24) is 55.3 Å². The first-order chi connectivity index (χ1) is 45.0. The van der Waals surface area contributed by atoms with Crippen molar-refractivity contribution in [3.8, 4) is 49.1 Å². The molecule has 7 aromatic heterocycles. The van der Waals surface area contributed by atoms with Gasteiger partial charge in [0.15, 0.2) is 11.6 Å². The number of thiazole rings is 6. The molecule has 2 aliphatic heterocycles. The summed E-state index contributed by atoms with van der Waals surface area (Å²) in [7, 11) is 0. The summed E-state index contributed by atoms with van der Waals surface area (Å²) in [5.41, 5.74) is 8.03. The number of aryl methyl sites for hydroxylation is 1. The van der Waals surface area contributed by atoms with Crippen LogP contribution in [0.5, 0.6) is 5.75 Å². The van der Waals surface area contributed by atoms with Crippen molar-refractivity contribution >= 4 is 121 Å². The predicted molar refractivity (Wildman–Crippen MR) is 347 cm³/mol. The van der Waals surface area contributed by atoms with Crippen LogP contribution in [-0.4, -0.2) is 155 Å². The van der Waals surface area contributed by atoms with Gasteiger partial charge in [-0.15, -0.1) is 68.0 Å². The van der Waals surface area contributed by atoms with Crippen LogP contribution in [0.1, 0.15) is 136 Å². The van der Waals surface area contributed by atoms with E-state index in [0.717, 1.165) is 50.2 Å². The second-order valence-electron chi connectivity index (χ2n) is 22.2. The number of Topliss-reactive ketones (excluding diaryl/α,β-unsaturated/α-hetero) is 2. The van der Waals surface area contributed by atoms with Gasteiger partial charge in [-0.3, -0.25) is 43.2 Å². The maximum absolute atomic E-state index is 15.2. The van der Waals surface area contributed by atoms with E-state index in [-0.39, 0.29) is 98.7 Å². The van der Waals surface area contributed by atoms with E-state index in [1.807, 2.05) is 0 Å². The van der Waals surface area contributed by atoms with E-state index in [4.69, 9.17) is 25.7 Å². The molecule has 484 valence electrons. The van der Waals surface area contributed by atoms with Gasteiger partial charge >= 0.3 is 11.9 Å². The number of nitrogens with zero attached hydrogens (tertiary/aromatic N) is 9. The van der Waals surface area contributed by atoms with Gasteiger partial charge in [0.2, 0.25) is 11.8 Å². The zero-order valence-corrected chi connectivity index (χ0v) is 54.5. The zero-order valence-electron chi connectivity index (χ0n) is 49.6. The lowest BCUT2D eigenvalue weighted by Gasteiger charge is -2.29. The maximum Gasteiger partial charge on any atom is 0.310 e. The molecule has 0 spiro atoms. The molecular formula is C62H56N12O14S6. The number of aromatic hydroxyl groups is 1. The van der Waals surface area contributed by atoms with Crippen LogP contribution < -0.4 is 16.4 Å². The number of benzene rings is 2. The number of nitrogens with one attached hydrogen (secondary N) is 2. The monoisotopic (exact) mass is 1380 g/mol. The van der Waals surface area contributed by atoms with E-state index in [1.165, 1.54) is 55.8 Å². The zero-order chi connectivity index (χ0) is 66.6. The number of carbonyl (C=O) groups excluding carboxylic acids is 7. The number of carboxylic acid groups (broad SMARTS) is 2. The molecule has 2 aromatic carbocycles. The molecule has 11 rings (SSSR count). The minimum atomic E-state index is -1.40. The topological polar surface area (TPSA) is 402 Å². The van der Waals surface area contributed by atoms with Gasteiger partial charge < -0.3 is 51.7 Å². The molecule has 9 heterocycles. The molecule has 1 fully saturated rings. The van der Waals surface area contributed by atoms with E-state index >= 15 is 4.79 Å². The standard InChI is InChI=1S/C62H56N12O14S6/c1-28-45(78)22-74-51(28)60-70-42(26-93-60)58-67-39(23-91-58)50-34(14-15-36(64-50)57-71-43(27-92-57)61(87)73(16-6-9-47(80)81)21-33(76)18-48(82)83)55-68-40(24-89-55)53(85)65-37(20-46(63)79)59-72-49(29(2)94-59)44(77)19-35(52(84)31-7-4-3-5-8-31)56-69-41(25-90-56)54(86)66-38(62(74)88)17-30-10-12-32(75)13-11-30/h3-5,7-8,10-15,23-28,35,37-38,45,51-52,75,78,84H,6,9,16-22H2,1-2H3,(H2,63,79)(H,65,85)(H,66,86)(H,80,81)(H,82,83)/t28-,35?,37-,38-,45-,51-,52+/m0/s1. The summed E-state index contributed by atoms with van der Waals surface area (Å²) in [6.45, 7) is 2.52. The Morgan fingerprint density at radius 3 is 2.09 bits per heavy atom. The summed E-state index contributed by atoms with van der Waals surface area (Å²) in [6.07, 6.45) is -4.43. The highest BCUT2D eigenvalue weighted by Crippen LogP contribution is 2.43. The Balaban J connectivity index is 0.997. The number of aliphatic carboxylic acids is 2. The van der Waals surface area contributed by atoms with Crippen molar-refractivity contribution in [2.45, 2.75) is 88.6 Å². The average Bonchev–Trinajstić information content (AvgIpc) is 1.61. The number of phenolic OH excluding ortho intramolecular Hbond substituents is 1. The number of hydrogen-bond donors (Lipinski definition) is 8. The lowest BCUT2D eigenvalue weighted by atomic mass is 9.90. The average molecular weight is 1390 g/mol. The second-order valence-corrected chi connectivity index (χ2v) is 27.8. The number of ketones is 2. The molecule has 2 aliphatic rings. The van der Waals surface area contributed by atoms with Crippen molar-refractivity contribution in [1.29, 1.82) is 0 Å². The predicted octanol–water partition coefficient (Wildman–Crippen LogP) is 7.53. The Bertz CT molecular complexity index is 4390. The molecule has 1 unspecified atom stereocenters. The molecule has 0 aliphatic carbocycles. The van der Waals surface area contributed by atoms with Gasteiger partial charge in [-0.2, -0.15) is 0 Å². The lowest BCUT2D eigenvalue weighted by molar-refractivity contribution is -0.140. The Kier molecular flexibility index (Phi) is 20.1. The number of primary amides is 1. The van der Waals surface area contributed by atoms with Crippen LogP contribution in [0.4, 0.5) is 0 Å². The fourth-order valence-corrected chi connectivity index (χ4v) is 16.2. The molecule has 9 aromatic rings. The number of hydrogen-bond acceptors (Lipinski definition) is 25. The second kappa shape index (κ2) is 28.5. The molecule has 10 bridgehead atoms. The van der Waals surface area contributed by atoms with Crippen LogP contribution >= 0.6 is 68.0 Å². The third-order valence-electron chi connectivity index (χ3n) is 15.5. The van der Waals surface area contributed by atoms with Crippen molar-refractivity contribution in [2.75, 3.05) is 19.6 Å². The first-order valence-corrected chi connectivity index (χ1v) is 34.2. The Morgan fingerprint density at radius 2 is 1.35 bits per heavy atom. The summed E-state index contributed by atoms with van der Waals surface area (Å²) in [6, 6.07) is 14.8. The van der Waals surface area contributed by atoms with Gasteiger partial charge in [-0.05, 0) is 48.7 Å². The van der Waals surface area contributed by atoms with Gasteiger partial charge in [0, 0.05) is 81.5 Å². The molecular weight excluding hydrogens is 1330 g/mol. The number of phenols is 1. The highest BCUT2D eigenvalue weighted by Gasteiger charge is 2.46. The third kappa shape index (κ3) is 14.9. The number of aliphatic hydroxyl groups is 2. The molecule has 7 atom stereocenters. The number of rotatable bonds is 16. The number of amides is 5. The fraction of sp³-hybridized carbons (Fsp3) is 0.290. The van der Waals surface area contributed by atoms with Gasteiger partial charge in [0.05, 0.1) is 48.0 Å². The number of nitrogens with two attached hydrogens (primary N) is 1. The summed E-state index contributed by atoms with van der Waals surface area (Å²) in [5.74, 6) is -9.07. The van der Waals surface area contributed by atoms with Gasteiger partial charge in [0.1, 0.15) is 83.1 Å². The largest absolute Gasteiger partial charge is 0.508 e. The minimum absolute atomic E-state index is 0.0128. The highest BCUT2D eigenvalue weighted by molar-refractivity contribution is 7.15. The number of carbonyl (C=O) groups is 9. The third-order valence-corrected chi connectivity index (χ3v) is 21.1. The normalized spacial score (nSPS) is 18.8. The number of pyridine rings is 1. The molecule has 0 saturated carbocycles. The molecule has 0 radical (unpaired) electrons. The van der Waals surface area contributed by atoms with Crippen molar-refractivity contribution in [3.05, 3.63) is 147 Å². The van der Waals surface area contributed by atoms with Gasteiger partial charge in [-0.25, -0.2) is 34.9 Å². The Hall–Kier alpha value is -9.28. The number of aromatic nitrogens is 7. The molecule has 5 amide bonds. The Morgan fingerprint density at radius 1 is 0.702 bits per heavy atom. The van der Waals surface area contributed by atoms with Crippen molar-refractivity contribution in [2.24, 2.45) is 11.7 Å². The SMILES string of the molecule is Cc1sc2nc1C(=O)CC([C@H](O)c1ccccc1)c1nc(cs1)C(=O)N[C@@H](Cc1ccc(O)cc1)C(=O)N1C[C@H](O)[C@H](C)[C@H]1c1nc(cs1)-c1nc(cs1)-c1nc(-c3nc(C(=O)N(CCCC(=O)O)CC(=O)CC(=O)O)cs3)ccc1-c1nc(cs1)C(=O)N[C@H]2CC(N)=O. The van der Waals surface area contributed by atoms with Crippen LogP contribution in [0.2, 0.25) is 0 Å². The first-order valence-electron chi connectivity index (χ1n) is 29.0. The van der Waals surface area contributed by atoms with Gasteiger partial charge in [0.25, 0.3) is 17.7 Å². The molecule has 9 N–H and O–H groups in total. The molecule has 1 saturated heterocycles. The number of aliphatic hydroxyl groups excluding tert-OH is 2. The lowest BCUT2D eigenvalue weighted by Crippen LogP contribution is -2.50. The van der Waals surface area contributed by atoms with Gasteiger partial charge in [-0.1, -0.05) is 49.4 Å². The first kappa shape index (κ1) is 66.2. The quantitative estimate of drug-likeness (QED) is 0.0433. The molecule has 26 nitrogen and oxygen atoms in total. The summed E-state index contributed by atoms with van der Waals surface area (Å²) >= 11 is 6.62. The van der Waals surface area contributed by atoms with Crippen molar-refractivity contribution in [3.63, 3.8) is 0 Å². The summed E-state index contributed by atoms with van der Waals surface area (Å²) in [4.78, 5) is 157. The van der Waals surface area contributed by atoms with E-state index < -0.39 is 115 Å². The summed E-state index contributed by atoms with van der Waals surface area (Å²) < 4.78 is 0. The summed E-state index contributed by atoms with van der Waals surface area (Å²) in [5, 5.41) is 67.6. The van der Waals surface area contributed by atoms with Crippen LogP contribution in [0.3, 0.4) is 0 Å². The number of fused-ring (bicyclic) bond motifs is 16. The maximum atomic E-state index is 15.2.